The molecule has 2 aliphatic heterocycles. The lowest BCUT2D eigenvalue weighted by atomic mass is 9.93. The van der Waals surface area contributed by atoms with Crippen LogP contribution in [-0.4, -0.2) is 32.2 Å². The number of hydrogen-bond acceptors (Lipinski definition) is 3. The largest absolute Gasteiger partial charge is 0.384 e. The van der Waals surface area contributed by atoms with Gasteiger partial charge >= 0.3 is 0 Å². The van der Waals surface area contributed by atoms with Crippen molar-refractivity contribution in [2.45, 2.75) is 19.3 Å². The molecule has 0 saturated carbocycles. The van der Waals surface area contributed by atoms with Crippen molar-refractivity contribution in [1.82, 2.24) is 5.32 Å². The van der Waals surface area contributed by atoms with Gasteiger partial charge in [-0.15, -0.1) is 0 Å². The lowest BCUT2D eigenvalue weighted by molar-refractivity contribution is -0.124. The van der Waals surface area contributed by atoms with Crippen LogP contribution in [-0.2, 0) is 16.0 Å². The monoisotopic (exact) mass is 274 g/mol. The molecule has 2 aliphatic rings. The van der Waals surface area contributed by atoms with E-state index >= 15 is 0 Å². The number of amides is 1. The highest BCUT2D eigenvalue weighted by molar-refractivity contribution is 5.80. The van der Waals surface area contributed by atoms with Crippen LogP contribution in [0.4, 0.5) is 5.69 Å². The highest BCUT2D eigenvalue weighted by Crippen LogP contribution is 2.24. The number of rotatable bonds is 4. The minimum atomic E-state index is 0.0460. The minimum Gasteiger partial charge on any atom is -0.384 e. The number of fused-ring (bicyclic) bond motifs is 1. The molecule has 2 unspecified atom stereocenters. The van der Waals surface area contributed by atoms with Gasteiger partial charge in [0, 0.05) is 32.0 Å². The molecule has 3 rings (SSSR count). The first-order valence-electron chi connectivity index (χ1n) is 7.50. The number of carbonyl (C=O) groups is 1. The fraction of sp³-hybridized carbons (Fsp3) is 0.562. The van der Waals surface area contributed by atoms with Crippen LogP contribution >= 0.6 is 0 Å². The number of hydrogen-bond donors (Lipinski definition) is 2. The molecule has 1 saturated heterocycles. The standard InChI is InChI=1S/C16H22N2O2/c19-16(17-7-5-12-6-8-20-11-12)14-9-13-3-1-2-4-15(13)18-10-14/h1-4,12,14,18H,5-11H2,(H,17,19). The van der Waals surface area contributed by atoms with Gasteiger partial charge in [0.15, 0.2) is 0 Å². The van der Waals surface area contributed by atoms with Gasteiger partial charge in [-0.1, -0.05) is 18.2 Å². The van der Waals surface area contributed by atoms with Crippen LogP contribution in [0, 0.1) is 11.8 Å². The van der Waals surface area contributed by atoms with Crippen molar-refractivity contribution in [3.8, 4) is 0 Å². The van der Waals surface area contributed by atoms with E-state index in [9.17, 15) is 4.79 Å². The fourth-order valence-corrected chi connectivity index (χ4v) is 2.98. The van der Waals surface area contributed by atoms with Gasteiger partial charge in [-0.05, 0) is 36.8 Å². The van der Waals surface area contributed by atoms with Crippen LogP contribution in [0.15, 0.2) is 24.3 Å². The SMILES string of the molecule is O=C(NCCC1CCOC1)C1CNc2ccccc2C1. The molecule has 0 radical (unpaired) electrons. The first-order chi connectivity index (χ1) is 9.83. The van der Waals surface area contributed by atoms with E-state index < -0.39 is 0 Å². The van der Waals surface area contributed by atoms with Crippen molar-refractivity contribution in [2.24, 2.45) is 11.8 Å². The second-order valence-corrected chi connectivity index (χ2v) is 5.75. The van der Waals surface area contributed by atoms with E-state index in [4.69, 9.17) is 4.74 Å². The summed E-state index contributed by atoms with van der Waals surface area (Å²) in [4.78, 5) is 12.2. The summed E-state index contributed by atoms with van der Waals surface area (Å²) in [5, 5.41) is 6.42. The van der Waals surface area contributed by atoms with Gasteiger partial charge in [-0.3, -0.25) is 4.79 Å². The summed E-state index contributed by atoms with van der Waals surface area (Å²) in [6.45, 7) is 3.23. The number of carbonyl (C=O) groups excluding carboxylic acids is 1. The Morgan fingerprint density at radius 3 is 3.15 bits per heavy atom. The number of ether oxygens (including phenoxy) is 1. The zero-order chi connectivity index (χ0) is 13.8. The summed E-state index contributed by atoms with van der Waals surface area (Å²) >= 11 is 0. The summed E-state index contributed by atoms with van der Waals surface area (Å²) < 4.78 is 5.35. The van der Waals surface area contributed by atoms with Gasteiger partial charge < -0.3 is 15.4 Å². The fourth-order valence-electron chi connectivity index (χ4n) is 2.98. The molecule has 108 valence electrons. The van der Waals surface area contributed by atoms with E-state index in [2.05, 4.69) is 22.8 Å². The van der Waals surface area contributed by atoms with Gasteiger partial charge in [-0.25, -0.2) is 0 Å². The molecule has 0 aliphatic carbocycles. The lowest BCUT2D eigenvalue weighted by Crippen LogP contribution is -2.38. The Labute approximate surface area is 119 Å². The second-order valence-electron chi connectivity index (χ2n) is 5.75. The molecule has 20 heavy (non-hydrogen) atoms. The number of para-hydroxylation sites is 1. The first-order valence-corrected chi connectivity index (χ1v) is 7.50. The molecule has 2 heterocycles. The van der Waals surface area contributed by atoms with Crippen LogP contribution in [0.25, 0.3) is 0 Å². The quantitative estimate of drug-likeness (QED) is 0.880. The molecule has 1 amide bonds. The summed E-state index contributed by atoms with van der Waals surface area (Å²) in [6, 6.07) is 8.22. The van der Waals surface area contributed by atoms with Crippen molar-refractivity contribution < 1.29 is 9.53 Å². The average molecular weight is 274 g/mol. The molecule has 4 nitrogen and oxygen atoms in total. The van der Waals surface area contributed by atoms with E-state index in [1.54, 1.807) is 0 Å². The third kappa shape index (κ3) is 3.12. The topological polar surface area (TPSA) is 50.4 Å². The summed E-state index contributed by atoms with van der Waals surface area (Å²) in [7, 11) is 0. The summed E-state index contributed by atoms with van der Waals surface area (Å²) in [5.41, 5.74) is 2.41. The van der Waals surface area contributed by atoms with E-state index in [1.165, 1.54) is 11.3 Å². The van der Waals surface area contributed by atoms with Crippen molar-refractivity contribution in [2.75, 3.05) is 31.6 Å². The van der Waals surface area contributed by atoms with E-state index in [0.29, 0.717) is 5.92 Å². The van der Waals surface area contributed by atoms with Crippen molar-refractivity contribution in [3.05, 3.63) is 29.8 Å². The third-order valence-corrected chi connectivity index (χ3v) is 4.27. The molecule has 2 atom stereocenters. The molecule has 1 aromatic carbocycles. The van der Waals surface area contributed by atoms with E-state index in [-0.39, 0.29) is 11.8 Å². The van der Waals surface area contributed by atoms with E-state index in [0.717, 1.165) is 45.6 Å². The molecule has 0 aromatic heterocycles. The number of benzene rings is 1. The molecule has 0 spiro atoms. The summed E-state index contributed by atoms with van der Waals surface area (Å²) in [6.07, 6.45) is 3.00. The van der Waals surface area contributed by atoms with Gasteiger partial charge in [-0.2, -0.15) is 0 Å². The maximum Gasteiger partial charge on any atom is 0.225 e. The average Bonchev–Trinajstić information content (AvgIpc) is 3.00. The highest BCUT2D eigenvalue weighted by atomic mass is 16.5. The smallest absolute Gasteiger partial charge is 0.225 e. The van der Waals surface area contributed by atoms with Gasteiger partial charge in [0.2, 0.25) is 5.91 Å². The van der Waals surface area contributed by atoms with Crippen LogP contribution in [0.2, 0.25) is 0 Å². The van der Waals surface area contributed by atoms with Crippen molar-refractivity contribution in [1.29, 1.82) is 0 Å². The number of nitrogens with one attached hydrogen (secondary N) is 2. The first kappa shape index (κ1) is 13.4. The van der Waals surface area contributed by atoms with Gasteiger partial charge in [0.1, 0.15) is 0 Å². The Hall–Kier alpha value is -1.55. The maximum absolute atomic E-state index is 12.2. The molecule has 1 fully saturated rings. The maximum atomic E-state index is 12.2. The Morgan fingerprint density at radius 1 is 1.40 bits per heavy atom. The lowest BCUT2D eigenvalue weighted by Gasteiger charge is -2.25. The van der Waals surface area contributed by atoms with Crippen LogP contribution < -0.4 is 10.6 Å². The minimum absolute atomic E-state index is 0.0460. The van der Waals surface area contributed by atoms with Crippen molar-refractivity contribution in [3.63, 3.8) is 0 Å². The Bertz CT molecular complexity index is 469. The van der Waals surface area contributed by atoms with E-state index in [1.807, 2.05) is 12.1 Å². The number of anilines is 1. The van der Waals surface area contributed by atoms with Gasteiger partial charge in [0.05, 0.1) is 5.92 Å². The normalized spacial score (nSPS) is 24.8. The Balaban J connectivity index is 1.46. The predicted molar refractivity (Wildman–Crippen MR) is 78.7 cm³/mol. The molecule has 2 N–H and O–H groups in total. The third-order valence-electron chi connectivity index (χ3n) is 4.27. The predicted octanol–water partition coefficient (Wildman–Crippen LogP) is 1.81. The molecular weight excluding hydrogens is 252 g/mol. The van der Waals surface area contributed by atoms with Crippen molar-refractivity contribution >= 4 is 11.6 Å². The second kappa shape index (κ2) is 6.27. The summed E-state index contributed by atoms with van der Waals surface area (Å²) in [5.74, 6) is 0.844. The zero-order valence-electron chi connectivity index (χ0n) is 11.7. The van der Waals surface area contributed by atoms with Crippen LogP contribution in [0.3, 0.4) is 0 Å². The molecular formula is C16H22N2O2. The Kier molecular flexibility index (Phi) is 4.21. The highest BCUT2D eigenvalue weighted by Gasteiger charge is 2.24. The Morgan fingerprint density at radius 2 is 2.30 bits per heavy atom. The zero-order valence-corrected chi connectivity index (χ0v) is 11.7. The van der Waals surface area contributed by atoms with Gasteiger partial charge in [0.25, 0.3) is 0 Å². The van der Waals surface area contributed by atoms with Crippen LogP contribution in [0.1, 0.15) is 18.4 Å². The molecule has 1 aromatic rings. The molecule has 0 bridgehead atoms. The molecule has 4 heteroatoms. The van der Waals surface area contributed by atoms with Crippen LogP contribution in [0.5, 0.6) is 0 Å².